The molecule has 2 amide bonds. The molecule has 0 radical (unpaired) electrons. The molecule has 1 fully saturated rings. The molecule has 1 aliphatic rings. The largest absolute Gasteiger partial charge is 0.353 e. The summed E-state index contributed by atoms with van der Waals surface area (Å²) in [5.41, 5.74) is 1.66. The van der Waals surface area contributed by atoms with Crippen molar-refractivity contribution in [1.29, 1.82) is 0 Å². The van der Waals surface area contributed by atoms with E-state index in [0.29, 0.717) is 34.9 Å². The summed E-state index contributed by atoms with van der Waals surface area (Å²) in [5.74, 6) is 0.901. The minimum Gasteiger partial charge on any atom is -0.353 e. The van der Waals surface area contributed by atoms with Crippen molar-refractivity contribution in [2.45, 2.75) is 70.2 Å². The molecule has 1 aromatic heterocycles. The first-order valence-corrected chi connectivity index (χ1v) is 11.2. The second-order valence-corrected chi connectivity index (χ2v) is 8.43. The van der Waals surface area contributed by atoms with Crippen LogP contribution in [0.5, 0.6) is 0 Å². The van der Waals surface area contributed by atoms with E-state index in [-0.39, 0.29) is 17.9 Å². The van der Waals surface area contributed by atoms with Crippen molar-refractivity contribution in [2.24, 2.45) is 0 Å². The molecule has 2 aromatic rings. The summed E-state index contributed by atoms with van der Waals surface area (Å²) < 4.78 is 1.95. The Labute approximate surface area is 176 Å². The number of nitrogens with one attached hydrogen (secondary N) is 2. The molecule has 1 heterocycles. The molecule has 1 aromatic carbocycles. The molecule has 1 saturated carbocycles. The van der Waals surface area contributed by atoms with Gasteiger partial charge in [-0.3, -0.25) is 9.59 Å². The second kappa shape index (κ2) is 9.91. The molecule has 0 saturated heterocycles. The lowest BCUT2D eigenvalue weighted by molar-refractivity contribution is -0.119. The number of aryl methyl sites for hydroxylation is 1. The first-order valence-electron chi connectivity index (χ1n) is 10.2. The normalized spacial score (nSPS) is 15.3. The molecule has 3 rings (SSSR count). The van der Waals surface area contributed by atoms with Gasteiger partial charge in [0.1, 0.15) is 0 Å². The van der Waals surface area contributed by atoms with Gasteiger partial charge in [0.25, 0.3) is 5.91 Å². The van der Waals surface area contributed by atoms with Gasteiger partial charge in [0.15, 0.2) is 11.0 Å². The smallest absolute Gasteiger partial charge is 0.251 e. The Hall–Kier alpha value is -2.35. The second-order valence-electron chi connectivity index (χ2n) is 7.49. The highest BCUT2D eigenvalue weighted by Gasteiger charge is 2.21. The summed E-state index contributed by atoms with van der Waals surface area (Å²) in [6, 6.07) is 7.51. The number of carbonyl (C=O) groups excluding carboxylic acids is 2. The predicted octanol–water partition coefficient (Wildman–Crippen LogP) is 3.25. The lowest BCUT2D eigenvalue weighted by Gasteiger charge is -2.15. The molecule has 1 aliphatic carbocycles. The fourth-order valence-corrected chi connectivity index (χ4v) is 4.45. The van der Waals surface area contributed by atoms with Crippen LogP contribution in [0.2, 0.25) is 0 Å². The number of amides is 2. The molecule has 29 heavy (non-hydrogen) atoms. The summed E-state index contributed by atoms with van der Waals surface area (Å²) >= 11 is 1.38. The van der Waals surface area contributed by atoms with Crippen LogP contribution in [-0.2, 0) is 11.3 Å². The van der Waals surface area contributed by atoms with Crippen LogP contribution < -0.4 is 10.6 Å². The minimum absolute atomic E-state index is 0.0369. The van der Waals surface area contributed by atoms with Crippen molar-refractivity contribution in [1.82, 2.24) is 25.4 Å². The SMILES string of the molecule is CCn1c(SCC(=O)NC2CCCC2)nnc1C(C)NC(=O)c1cccc(C)c1. The molecule has 2 N–H and O–H groups in total. The third-order valence-electron chi connectivity index (χ3n) is 5.13. The number of aromatic nitrogens is 3. The van der Waals surface area contributed by atoms with Crippen LogP contribution in [0.15, 0.2) is 29.4 Å². The van der Waals surface area contributed by atoms with Crippen LogP contribution in [0.1, 0.15) is 67.3 Å². The van der Waals surface area contributed by atoms with Crippen LogP contribution in [0, 0.1) is 6.92 Å². The van der Waals surface area contributed by atoms with E-state index in [4.69, 9.17) is 0 Å². The van der Waals surface area contributed by atoms with E-state index in [1.807, 2.05) is 43.5 Å². The molecular weight excluding hydrogens is 386 g/mol. The van der Waals surface area contributed by atoms with E-state index in [2.05, 4.69) is 20.8 Å². The van der Waals surface area contributed by atoms with Crippen LogP contribution in [0.25, 0.3) is 0 Å². The molecule has 0 aliphatic heterocycles. The zero-order valence-electron chi connectivity index (χ0n) is 17.3. The van der Waals surface area contributed by atoms with Crippen LogP contribution in [-0.4, -0.2) is 38.4 Å². The van der Waals surface area contributed by atoms with Crippen LogP contribution >= 0.6 is 11.8 Å². The van der Waals surface area contributed by atoms with Crippen LogP contribution in [0.4, 0.5) is 0 Å². The lowest BCUT2D eigenvalue weighted by Crippen LogP contribution is -2.33. The highest BCUT2D eigenvalue weighted by molar-refractivity contribution is 7.99. The summed E-state index contributed by atoms with van der Waals surface area (Å²) in [4.78, 5) is 24.7. The highest BCUT2D eigenvalue weighted by atomic mass is 32.2. The number of rotatable bonds is 8. The molecule has 0 bridgehead atoms. The third-order valence-corrected chi connectivity index (χ3v) is 6.10. The maximum Gasteiger partial charge on any atom is 0.251 e. The Morgan fingerprint density at radius 3 is 2.72 bits per heavy atom. The van der Waals surface area contributed by atoms with E-state index in [1.54, 1.807) is 6.07 Å². The van der Waals surface area contributed by atoms with Gasteiger partial charge in [-0.15, -0.1) is 10.2 Å². The number of benzene rings is 1. The highest BCUT2D eigenvalue weighted by Crippen LogP contribution is 2.22. The Morgan fingerprint density at radius 1 is 1.28 bits per heavy atom. The molecule has 156 valence electrons. The first-order chi connectivity index (χ1) is 14.0. The minimum atomic E-state index is -0.294. The van der Waals surface area contributed by atoms with Gasteiger partial charge in [-0.25, -0.2) is 0 Å². The standard InChI is InChI=1S/C21H29N5O2S/c1-4-26-19(15(3)22-20(28)16-9-7-8-14(2)12-16)24-25-21(26)29-13-18(27)23-17-10-5-6-11-17/h7-9,12,15,17H,4-6,10-11,13H2,1-3H3,(H,22,28)(H,23,27). The molecule has 1 unspecified atom stereocenters. The zero-order valence-corrected chi connectivity index (χ0v) is 18.1. The summed E-state index contributed by atoms with van der Waals surface area (Å²) in [6.45, 7) is 6.52. The third kappa shape index (κ3) is 5.59. The predicted molar refractivity (Wildman–Crippen MR) is 114 cm³/mol. The number of hydrogen-bond acceptors (Lipinski definition) is 5. The lowest BCUT2D eigenvalue weighted by atomic mass is 10.1. The van der Waals surface area contributed by atoms with Gasteiger partial charge < -0.3 is 15.2 Å². The van der Waals surface area contributed by atoms with Crippen molar-refractivity contribution in [2.75, 3.05) is 5.75 Å². The number of nitrogens with zero attached hydrogens (tertiary/aromatic N) is 3. The van der Waals surface area contributed by atoms with Crippen molar-refractivity contribution < 1.29 is 9.59 Å². The maximum atomic E-state index is 12.5. The Kier molecular flexibility index (Phi) is 7.30. The number of hydrogen-bond donors (Lipinski definition) is 2. The Bertz CT molecular complexity index is 861. The van der Waals surface area contributed by atoms with Gasteiger partial charge in [0, 0.05) is 18.2 Å². The average molecular weight is 416 g/mol. The van der Waals surface area contributed by atoms with Gasteiger partial charge in [0.05, 0.1) is 11.8 Å². The monoisotopic (exact) mass is 415 g/mol. The molecule has 1 atom stereocenters. The van der Waals surface area contributed by atoms with Gasteiger partial charge >= 0.3 is 0 Å². The van der Waals surface area contributed by atoms with Crippen molar-refractivity contribution in [3.8, 4) is 0 Å². The van der Waals surface area contributed by atoms with E-state index >= 15 is 0 Å². The molecule has 0 spiro atoms. The van der Waals surface area contributed by atoms with Crippen molar-refractivity contribution in [3.63, 3.8) is 0 Å². The first kappa shape index (κ1) is 21.4. The quantitative estimate of drug-likeness (QED) is 0.646. The van der Waals surface area contributed by atoms with Gasteiger partial charge in [0.2, 0.25) is 5.91 Å². The Balaban J connectivity index is 1.60. The van der Waals surface area contributed by atoms with Gasteiger partial charge in [-0.05, 0) is 45.7 Å². The topological polar surface area (TPSA) is 88.9 Å². The zero-order chi connectivity index (χ0) is 20.8. The van der Waals surface area contributed by atoms with Crippen molar-refractivity contribution in [3.05, 3.63) is 41.2 Å². The van der Waals surface area contributed by atoms with E-state index in [1.165, 1.54) is 24.6 Å². The van der Waals surface area contributed by atoms with Gasteiger partial charge in [-0.1, -0.05) is 42.3 Å². The number of thioether (sulfide) groups is 1. The van der Waals surface area contributed by atoms with E-state index in [0.717, 1.165) is 18.4 Å². The van der Waals surface area contributed by atoms with Crippen molar-refractivity contribution >= 4 is 23.6 Å². The maximum absolute atomic E-state index is 12.5. The van der Waals surface area contributed by atoms with E-state index in [9.17, 15) is 9.59 Å². The molecular formula is C21H29N5O2S. The number of carbonyl (C=O) groups is 2. The summed E-state index contributed by atoms with van der Waals surface area (Å²) in [5, 5.41) is 15.3. The fourth-order valence-electron chi connectivity index (χ4n) is 3.62. The Morgan fingerprint density at radius 2 is 2.03 bits per heavy atom. The average Bonchev–Trinajstić information content (AvgIpc) is 3.35. The molecule has 7 nitrogen and oxygen atoms in total. The van der Waals surface area contributed by atoms with Crippen LogP contribution in [0.3, 0.4) is 0 Å². The molecule has 8 heteroatoms. The van der Waals surface area contributed by atoms with E-state index < -0.39 is 0 Å². The fraction of sp³-hybridized carbons (Fsp3) is 0.524. The summed E-state index contributed by atoms with van der Waals surface area (Å²) in [6.07, 6.45) is 4.53. The summed E-state index contributed by atoms with van der Waals surface area (Å²) in [7, 11) is 0. The van der Waals surface area contributed by atoms with Gasteiger partial charge in [-0.2, -0.15) is 0 Å².